The lowest BCUT2D eigenvalue weighted by atomic mass is 10.2. The maximum atomic E-state index is 11.2. The quantitative estimate of drug-likeness (QED) is 0.633. The second-order valence-corrected chi connectivity index (χ2v) is 4.79. The molecule has 1 rings (SSSR count). The van der Waals surface area contributed by atoms with Gasteiger partial charge >= 0.3 is 6.09 Å². The van der Waals surface area contributed by atoms with Crippen LogP contribution < -0.4 is 10.2 Å². The first kappa shape index (κ1) is 15.1. The van der Waals surface area contributed by atoms with Crippen LogP contribution >= 0.6 is 0 Å². The van der Waals surface area contributed by atoms with E-state index in [1.807, 2.05) is 0 Å². The SMILES string of the molecule is CC(C)(C)OC(=O)NOCCOc1ccc(O)cc1. The number of hydrogen-bond acceptors (Lipinski definition) is 5. The number of rotatable bonds is 5. The Morgan fingerprint density at radius 1 is 1.21 bits per heavy atom. The van der Waals surface area contributed by atoms with Gasteiger partial charge < -0.3 is 14.6 Å². The molecular formula is C13H19NO5. The van der Waals surface area contributed by atoms with Crippen molar-refractivity contribution < 1.29 is 24.2 Å². The lowest BCUT2D eigenvalue weighted by molar-refractivity contribution is -0.0144. The molecule has 0 aliphatic heterocycles. The monoisotopic (exact) mass is 269 g/mol. The smallest absolute Gasteiger partial charge is 0.431 e. The molecule has 106 valence electrons. The first-order valence-electron chi connectivity index (χ1n) is 5.89. The van der Waals surface area contributed by atoms with Gasteiger partial charge in [-0.15, -0.1) is 0 Å². The first-order chi connectivity index (χ1) is 8.87. The predicted molar refractivity (Wildman–Crippen MR) is 68.9 cm³/mol. The highest BCUT2D eigenvalue weighted by Gasteiger charge is 2.15. The Kier molecular flexibility index (Phi) is 5.44. The highest BCUT2D eigenvalue weighted by atomic mass is 16.7. The standard InChI is InChI=1S/C13H19NO5/c1-13(2,3)19-12(16)14-18-9-8-17-11-6-4-10(15)5-7-11/h4-7,15H,8-9H2,1-3H3,(H,14,16). The third kappa shape index (κ3) is 7.15. The fraction of sp³-hybridized carbons (Fsp3) is 0.462. The van der Waals surface area contributed by atoms with Gasteiger partial charge in [-0.2, -0.15) is 5.48 Å². The van der Waals surface area contributed by atoms with Crippen molar-refractivity contribution in [3.05, 3.63) is 24.3 Å². The number of carbonyl (C=O) groups excluding carboxylic acids is 1. The summed E-state index contributed by atoms with van der Waals surface area (Å²) >= 11 is 0. The van der Waals surface area contributed by atoms with Crippen LogP contribution in [0.25, 0.3) is 0 Å². The zero-order valence-electron chi connectivity index (χ0n) is 11.3. The lowest BCUT2D eigenvalue weighted by Gasteiger charge is -2.19. The molecule has 0 fully saturated rings. The molecule has 0 spiro atoms. The van der Waals surface area contributed by atoms with Crippen LogP contribution in [0.15, 0.2) is 24.3 Å². The number of hydrogen-bond donors (Lipinski definition) is 2. The van der Waals surface area contributed by atoms with E-state index in [0.717, 1.165) is 0 Å². The molecule has 1 aromatic carbocycles. The maximum Gasteiger partial charge on any atom is 0.431 e. The predicted octanol–water partition coefficient (Wildman–Crippen LogP) is 2.23. The second kappa shape index (κ2) is 6.84. The van der Waals surface area contributed by atoms with Gasteiger partial charge in [0.05, 0.1) is 0 Å². The third-order valence-electron chi connectivity index (χ3n) is 1.85. The molecule has 0 radical (unpaired) electrons. The number of benzene rings is 1. The van der Waals surface area contributed by atoms with Gasteiger partial charge in [-0.05, 0) is 45.0 Å². The molecule has 1 amide bonds. The molecule has 6 heteroatoms. The van der Waals surface area contributed by atoms with Crippen LogP contribution in [0.2, 0.25) is 0 Å². The molecule has 0 bridgehead atoms. The Labute approximate surface area is 112 Å². The molecule has 19 heavy (non-hydrogen) atoms. The van der Waals surface area contributed by atoms with E-state index in [1.165, 1.54) is 12.1 Å². The Bertz CT molecular complexity index is 396. The fourth-order valence-corrected chi connectivity index (χ4v) is 1.15. The number of amides is 1. The van der Waals surface area contributed by atoms with Crippen LogP contribution in [0.3, 0.4) is 0 Å². The van der Waals surface area contributed by atoms with E-state index in [4.69, 9.17) is 19.4 Å². The van der Waals surface area contributed by atoms with E-state index < -0.39 is 11.7 Å². The van der Waals surface area contributed by atoms with Crippen LogP contribution in [0.1, 0.15) is 20.8 Å². The molecule has 0 aliphatic rings. The molecule has 2 N–H and O–H groups in total. The minimum absolute atomic E-state index is 0.176. The Morgan fingerprint density at radius 3 is 2.42 bits per heavy atom. The van der Waals surface area contributed by atoms with E-state index in [9.17, 15) is 4.79 Å². The molecule has 1 aromatic rings. The third-order valence-corrected chi connectivity index (χ3v) is 1.85. The molecular weight excluding hydrogens is 250 g/mol. The first-order valence-corrected chi connectivity index (χ1v) is 5.89. The van der Waals surface area contributed by atoms with E-state index >= 15 is 0 Å². The maximum absolute atomic E-state index is 11.2. The molecule has 0 atom stereocenters. The molecule has 0 aromatic heterocycles. The molecule has 0 saturated heterocycles. The van der Waals surface area contributed by atoms with Gasteiger partial charge in [-0.1, -0.05) is 0 Å². The summed E-state index contributed by atoms with van der Waals surface area (Å²) in [6.07, 6.45) is -0.642. The average Bonchev–Trinajstić information content (AvgIpc) is 2.29. The van der Waals surface area contributed by atoms with Crippen LogP contribution in [0.5, 0.6) is 11.5 Å². The van der Waals surface area contributed by atoms with Crippen molar-refractivity contribution in [3.8, 4) is 11.5 Å². The largest absolute Gasteiger partial charge is 0.508 e. The Morgan fingerprint density at radius 2 is 1.84 bits per heavy atom. The number of aromatic hydroxyl groups is 1. The van der Waals surface area contributed by atoms with Crippen LogP contribution in [-0.4, -0.2) is 30.0 Å². The minimum Gasteiger partial charge on any atom is -0.508 e. The molecule has 0 saturated carbocycles. The van der Waals surface area contributed by atoms with Crippen LogP contribution in [0.4, 0.5) is 4.79 Å². The number of carbonyl (C=O) groups is 1. The lowest BCUT2D eigenvalue weighted by Crippen LogP contribution is -2.33. The van der Waals surface area contributed by atoms with Gasteiger partial charge in [-0.25, -0.2) is 4.79 Å². The van der Waals surface area contributed by atoms with E-state index in [0.29, 0.717) is 5.75 Å². The minimum atomic E-state index is -0.642. The summed E-state index contributed by atoms with van der Waals surface area (Å²) < 4.78 is 10.3. The summed E-state index contributed by atoms with van der Waals surface area (Å²) in [5.74, 6) is 0.786. The van der Waals surface area contributed by atoms with E-state index in [1.54, 1.807) is 32.9 Å². The van der Waals surface area contributed by atoms with E-state index in [2.05, 4.69) is 5.48 Å². The van der Waals surface area contributed by atoms with Crippen molar-refractivity contribution in [2.24, 2.45) is 0 Å². The number of ether oxygens (including phenoxy) is 2. The normalized spacial score (nSPS) is 10.9. The Hall–Kier alpha value is -1.95. The number of nitrogens with one attached hydrogen (secondary N) is 1. The summed E-state index contributed by atoms with van der Waals surface area (Å²) in [4.78, 5) is 16.1. The number of hydroxylamine groups is 1. The zero-order chi connectivity index (χ0) is 14.3. The van der Waals surface area contributed by atoms with Gasteiger partial charge in [0.2, 0.25) is 0 Å². The van der Waals surface area contributed by atoms with E-state index in [-0.39, 0.29) is 19.0 Å². The van der Waals surface area contributed by atoms with Crippen molar-refractivity contribution in [1.82, 2.24) is 5.48 Å². The summed E-state index contributed by atoms with van der Waals surface area (Å²) in [7, 11) is 0. The number of phenolic OH excluding ortho intramolecular Hbond substituents is 1. The van der Waals surface area contributed by atoms with Gasteiger partial charge in [0.1, 0.15) is 30.3 Å². The van der Waals surface area contributed by atoms with Crippen LogP contribution in [0, 0.1) is 0 Å². The topological polar surface area (TPSA) is 77.0 Å². The fourth-order valence-electron chi connectivity index (χ4n) is 1.15. The van der Waals surface area contributed by atoms with Gasteiger partial charge in [0.15, 0.2) is 0 Å². The highest BCUT2D eigenvalue weighted by Crippen LogP contribution is 2.15. The number of phenols is 1. The summed E-state index contributed by atoms with van der Waals surface area (Å²) in [5.41, 5.74) is 1.59. The summed E-state index contributed by atoms with van der Waals surface area (Å²) in [5, 5.41) is 9.08. The summed E-state index contributed by atoms with van der Waals surface area (Å²) in [6, 6.07) is 6.32. The van der Waals surface area contributed by atoms with Crippen molar-refractivity contribution >= 4 is 6.09 Å². The highest BCUT2D eigenvalue weighted by molar-refractivity contribution is 5.66. The van der Waals surface area contributed by atoms with Crippen molar-refractivity contribution in [3.63, 3.8) is 0 Å². The van der Waals surface area contributed by atoms with Gasteiger partial charge in [-0.3, -0.25) is 4.84 Å². The Balaban J connectivity index is 2.11. The van der Waals surface area contributed by atoms with Crippen molar-refractivity contribution in [1.29, 1.82) is 0 Å². The molecule has 6 nitrogen and oxygen atoms in total. The van der Waals surface area contributed by atoms with Gasteiger partial charge in [0, 0.05) is 0 Å². The van der Waals surface area contributed by atoms with Crippen LogP contribution in [-0.2, 0) is 9.57 Å². The summed E-state index contributed by atoms with van der Waals surface area (Å²) in [6.45, 7) is 5.74. The molecule has 0 aliphatic carbocycles. The van der Waals surface area contributed by atoms with Crippen molar-refractivity contribution in [2.45, 2.75) is 26.4 Å². The van der Waals surface area contributed by atoms with Gasteiger partial charge in [0.25, 0.3) is 0 Å². The second-order valence-electron chi connectivity index (χ2n) is 4.79. The molecule has 0 heterocycles. The molecule has 0 unspecified atom stereocenters. The zero-order valence-corrected chi connectivity index (χ0v) is 11.3. The van der Waals surface area contributed by atoms with Crippen molar-refractivity contribution in [2.75, 3.05) is 13.2 Å². The average molecular weight is 269 g/mol.